The van der Waals surface area contributed by atoms with Gasteiger partial charge in [-0.3, -0.25) is 9.59 Å². The molecule has 178 valence electrons. The smallest absolute Gasteiger partial charge is 0.350 e. The summed E-state index contributed by atoms with van der Waals surface area (Å²) in [6.45, 7) is 4.02. The van der Waals surface area contributed by atoms with Crippen LogP contribution in [-0.4, -0.2) is 62.6 Å². The topological polar surface area (TPSA) is 76.2 Å². The fourth-order valence-corrected chi connectivity index (χ4v) is 5.24. The molecule has 0 atom stereocenters. The molecule has 2 amide bonds. The average Bonchev–Trinajstić information content (AvgIpc) is 3.44. The monoisotopic (exact) mass is 472 g/mol. The minimum absolute atomic E-state index is 0.0412. The van der Waals surface area contributed by atoms with Crippen LogP contribution in [0.4, 0.5) is 5.69 Å². The van der Waals surface area contributed by atoms with Crippen LogP contribution in [0.25, 0.3) is 0 Å². The molecule has 0 bridgehead atoms. The number of hydrogen-bond acceptors (Lipinski definition) is 6. The summed E-state index contributed by atoms with van der Waals surface area (Å²) in [4.78, 5) is 43.7. The van der Waals surface area contributed by atoms with Crippen molar-refractivity contribution in [1.82, 2.24) is 4.90 Å². The second kappa shape index (κ2) is 10.3. The van der Waals surface area contributed by atoms with E-state index in [1.807, 2.05) is 0 Å². The van der Waals surface area contributed by atoms with Gasteiger partial charge in [-0.15, -0.1) is 11.3 Å². The number of rotatable bonds is 5. The maximum absolute atomic E-state index is 13.7. The van der Waals surface area contributed by atoms with Crippen LogP contribution in [0.1, 0.15) is 66.4 Å². The Kier molecular flexibility index (Phi) is 7.40. The fourth-order valence-electron chi connectivity index (χ4n) is 4.31. The van der Waals surface area contributed by atoms with E-state index in [2.05, 4.69) is 18.8 Å². The van der Waals surface area contributed by atoms with E-state index in [9.17, 15) is 14.4 Å². The molecule has 1 aliphatic heterocycles. The number of amides is 2. The lowest BCUT2D eigenvalue weighted by atomic mass is 9.88. The number of ether oxygens (including phenoxy) is 2. The van der Waals surface area contributed by atoms with Gasteiger partial charge in [0.1, 0.15) is 11.4 Å². The third-order valence-corrected chi connectivity index (χ3v) is 7.76. The van der Waals surface area contributed by atoms with Crippen LogP contribution < -0.4 is 4.90 Å². The molecule has 2 aliphatic carbocycles. The molecule has 0 unspecified atom stereocenters. The van der Waals surface area contributed by atoms with E-state index in [0.717, 1.165) is 44.9 Å². The van der Waals surface area contributed by atoms with E-state index in [4.69, 9.17) is 9.47 Å². The Balaban J connectivity index is 1.67. The average molecular weight is 473 g/mol. The van der Waals surface area contributed by atoms with Crippen molar-refractivity contribution in [3.63, 3.8) is 0 Å². The molecule has 3 aliphatic rings. The molecule has 7 nitrogen and oxygen atoms in total. The molecule has 0 aromatic carbocycles. The second-order valence-electron chi connectivity index (χ2n) is 9.38. The number of carbonyl (C=O) groups excluding carboxylic acids is 3. The first kappa shape index (κ1) is 23.8. The minimum Gasteiger partial charge on any atom is -0.465 e. The zero-order valence-electron chi connectivity index (χ0n) is 19.5. The van der Waals surface area contributed by atoms with Crippen molar-refractivity contribution in [2.24, 2.45) is 11.3 Å². The summed E-state index contributed by atoms with van der Waals surface area (Å²) in [5.41, 5.74) is 0.480. The maximum atomic E-state index is 13.7. The number of methoxy groups -OCH3 is 1. The lowest BCUT2D eigenvalue weighted by molar-refractivity contribution is -0.135. The standard InChI is InChI=1S/C25H32N2O5S/c1-25(10-11-25)9-8-19-16-20(22(33-19)24(30)31-2)27(23(29)18-6-4-3-5-7-18)17-21(28)26-12-14-32-15-13-26/h16,18H,3-7,10-15,17H2,1-2H3. The van der Waals surface area contributed by atoms with Crippen molar-refractivity contribution < 1.29 is 23.9 Å². The highest BCUT2D eigenvalue weighted by molar-refractivity contribution is 7.15. The quantitative estimate of drug-likeness (QED) is 0.485. The number of carbonyl (C=O) groups is 3. The number of nitrogens with zero attached hydrogens (tertiary/aromatic N) is 2. The minimum atomic E-state index is -0.513. The van der Waals surface area contributed by atoms with Gasteiger partial charge >= 0.3 is 5.97 Å². The van der Waals surface area contributed by atoms with Gasteiger partial charge in [0.25, 0.3) is 0 Å². The van der Waals surface area contributed by atoms with Crippen LogP contribution >= 0.6 is 11.3 Å². The third-order valence-electron chi connectivity index (χ3n) is 6.74. The van der Waals surface area contributed by atoms with E-state index in [0.29, 0.717) is 41.7 Å². The molecule has 1 aromatic heterocycles. The lowest BCUT2D eigenvalue weighted by Crippen LogP contribution is -2.48. The largest absolute Gasteiger partial charge is 0.465 e. The van der Waals surface area contributed by atoms with E-state index in [1.165, 1.54) is 23.3 Å². The highest BCUT2D eigenvalue weighted by Gasteiger charge is 2.36. The van der Waals surface area contributed by atoms with Crippen molar-refractivity contribution in [3.8, 4) is 11.8 Å². The van der Waals surface area contributed by atoms with Crippen molar-refractivity contribution in [2.75, 3.05) is 44.9 Å². The Morgan fingerprint density at radius 3 is 2.55 bits per heavy atom. The molecule has 2 saturated carbocycles. The van der Waals surface area contributed by atoms with Gasteiger partial charge in [0.15, 0.2) is 0 Å². The summed E-state index contributed by atoms with van der Waals surface area (Å²) in [5.74, 6) is 5.60. The number of morpholine rings is 1. The Morgan fingerprint density at radius 2 is 1.91 bits per heavy atom. The van der Waals surface area contributed by atoms with Crippen LogP contribution in [0.5, 0.6) is 0 Å². The summed E-state index contributed by atoms with van der Waals surface area (Å²) in [7, 11) is 1.33. The Labute approximate surface area is 199 Å². The maximum Gasteiger partial charge on any atom is 0.350 e. The highest BCUT2D eigenvalue weighted by Crippen LogP contribution is 2.44. The van der Waals surface area contributed by atoms with Crippen LogP contribution in [0.3, 0.4) is 0 Å². The number of hydrogen-bond donors (Lipinski definition) is 0. The van der Waals surface area contributed by atoms with Gasteiger partial charge < -0.3 is 19.3 Å². The molecule has 0 N–H and O–H groups in total. The van der Waals surface area contributed by atoms with Crippen LogP contribution in [-0.2, 0) is 19.1 Å². The summed E-state index contributed by atoms with van der Waals surface area (Å²) in [5, 5.41) is 0. The van der Waals surface area contributed by atoms with Gasteiger partial charge in [0.2, 0.25) is 11.8 Å². The molecular formula is C25H32N2O5S. The first-order valence-corrected chi connectivity index (χ1v) is 12.6. The van der Waals surface area contributed by atoms with Crippen molar-refractivity contribution in [2.45, 2.75) is 51.9 Å². The first-order chi connectivity index (χ1) is 15.9. The number of esters is 1. The highest BCUT2D eigenvalue weighted by atomic mass is 32.1. The van der Waals surface area contributed by atoms with Crippen LogP contribution in [0.2, 0.25) is 0 Å². The van der Waals surface area contributed by atoms with Crippen LogP contribution in [0, 0.1) is 23.2 Å². The molecule has 8 heteroatoms. The molecule has 33 heavy (non-hydrogen) atoms. The third kappa shape index (κ3) is 5.77. The molecule has 0 spiro atoms. The predicted molar refractivity (Wildman–Crippen MR) is 126 cm³/mol. The van der Waals surface area contributed by atoms with Crippen molar-refractivity contribution >= 4 is 34.8 Å². The van der Waals surface area contributed by atoms with Crippen molar-refractivity contribution in [1.29, 1.82) is 0 Å². The Hall–Kier alpha value is -2.37. The molecule has 0 radical (unpaired) electrons. The Morgan fingerprint density at radius 1 is 1.21 bits per heavy atom. The van der Waals surface area contributed by atoms with Crippen LogP contribution in [0.15, 0.2) is 6.07 Å². The van der Waals surface area contributed by atoms with Gasteiger partial charge in [-0.2, -0.15) is 0 Å². The first-order valence-electron chi connectivity index (χ1n) is 11.8. The summed E-state index contributed by atoms with van der Waals surface area (Å²) < 4.78 is 10.4. The molecule has 4 rings (SSSR count). The summed E-state index contributed by atoms with van der Waals surface area (Å²) in [6.07, 6.45) is 6.90. The van der Waals surface area contributed by atoms with Gasteiger partial charge in [0.05, 0.1) is 30.9 Å². The predicted octanol–water partition coefficient (Wildman–Crippen LogP) is 3.46. The van der Waals surface area contributed by atoms with Gasteiger partial charge in [-0.1, -0.05) is 31.1 Å². The molecule has 2 heterocycles. The van der Waals surface area contributed by atoms with Gasteiger partial charge in [-0.25, -0.2) is 4.79 Å². The zero-order chi connectivity index (χ0) is 23.4. The lowest BCUT2D eigenvalue weighted by Gasteiger charge is -2.32. The summed E-state index contributed by atoms with van der Waals surface area (Å²) >= 11 is 1.23. The van der Waals surface area contributed by atoms with E-state index < -0.39 is 5.97 Å². The molecule has 1 aromatic rings. The zero-order valence-corrected chi connectivity index (χ0v) is 20.3. The fraction of sp³-hybridized carbons (Fsp3) is 0.640. The number of anilines is 1. The summed E-state index contributed by atoms with van der Waals surface area (Å²) in [6, 6.07) is 1.78. The SMILES string of the molecule is COC(=O)c1sc(C#CC2(C)CC2)cc1N(CC(=O)N1CCOCC1)C(=O)C1CCCCC1. The molecular weight excluding hydrogens is 440 g/mol. The van der Waals surface area contributed by atoms with Crippen molar-refractivity contribution in [3.05, 3.63) is 15.8 Å². The Bertz CT molecular complexity index is 959. The number of thiophene rings is 1. The van der Waals surface area contributed by atoms with E-state index >= 15 is 0 Å². The van der Waals surface area contributed by atoms with E-state index in [1.54, 1.807) is 11.0 Å². The van der Waals surface area contributed by atoms with E-state index in [-0.39, 0.29) is 29.7 Å². The normalized spacial score (nSPS) is 19.9. The molecule has 3 fully saturated rings. The van der Waals surface area contributed by atoms with Gasteiger partial charge in [-0.05, 0) is 38.7 Å². The molecule has 1 saturated heterocycles. The second-order valence-corrected chi connectivity index (χ2v) is 10.4. The van der Waals surface area contributed by atoms with Gasteiger partial charge in [0, 0.05) is 24.4 Å².